The summed E-state index contributed by atoms with van der Waals surface area (Å²) in [5.74, 6) is 0. The van der Waals surface area contributed by atoms with Gasteiger partial charge in [-0.1, -0.05) is 65.5 Å². The molecule has 2 atom stereocenters. The zero-order valence-corrected chi connectivity index (χ0v) is 13.1. The second kappa shape index (κ2) is 6.17. The summed E-state index contributed by atoms with van der Waals surface area (Å²) in [6.45, 7) is 0.739. The van der Waals surface area contributed by atoms with Crippen LogP contribution >= 0.6 is 15.9 Å². The SMILES string of the molecule is O=C1OC(c2ccccc2)C(Br)CN1C1CCCCC1. The number of rotatable bonds is 2. The zero-order valence-electron chi connectivity index (χ0n) is 11.5. The van der Waals surface area contributed by atoms with Crippen molar-refractivity contribution < 1.29 is 9.53 Å². The van der Waals surface area contributed by atoms with Crippen LogP contribution in [0.2, 0.25) is 0 Å². The van der Waals surface area contributed by atoms with Gasteiger partial charge in [0.05, 0.1) is 4.83 Å². The maximum atomic E-state index is 12.3. The topological polar surface area (TPSA) is 29.5 Å². The van der Waals surface area contributed by atoms with Gasteiger partial charge in [0.25, 0.3) is 0 Å². The Bertz CT molecular complexity index is 459. The number of alkyl halides is 1. The zero-order chi connectivity index (χ0) is 13.9. The van der Waals surface area contributed by atoms with Gasteiger partial charge in [0.2, 0.25) is 0 Å². The third-order valence-corrected chi connectivity index (χ3v) is 5.08. The van der Waals surface area contributed by atoms with Gasteiger partial charge in [0.1, 0.15) is 6.10 Å². The summed E-state index contributed by atoms with van der Waals surface area (Å²) in [6.07, 6.45) is 5.65. The van der Waals surface area contributed by atoms with Gasteiger partial charge in [-0.3, -0.25) is 0 Å². The fourth-order valence-corrected chi connectivity index (χ4v) is 3.94. The lowest BCUT2D eigenvalue weighted by Crippen LogP contribution is -2.50. The van der Waals surface area contributed by atoms with Crippen molar-refractivity contribution in [2.75, 3.05) is 6.54 Å². The standard InChI is InChI=1S/C16H20BrNO2/c17-14-11-18(13-9-5-2-6-10-13)16(19)20-15(14)12-7-3-1-4-8-12/h1,3-4,7-8,13-15H,2,5-6,9-11H2. The van der Waals surface area contributed by atoms with Crippen LogP contribution in [0.15, 0.2) is 30.3 Å². The monoisotopic (exact) mass is 337 g/mol. The Morgan fingerprint density at radius 3 is 2.50 bits per heavy atom. The summed E-state index contributed by atoms with van der Waals surface area (Å²) in [5, 5.41) is 0. The molecular weight excluding hydrogens is 318 g/mol. The molecule has 1 saturated carbocycles. The van der Waals surface area contributed by atoms with E-state index in [1.807, 2.05) is 35.2 Å². The molecule has 2 unspecified atom stereocenters. The molecule has 20 heavy (non-hydrogen) atoms. The lowest BCUT2D eigenvalue weighted by Gasteiger charge is -2.41. The van der Waals surface area contributed by atoms with Gasteiger partial charge in [-0.05, 0) is 18.4 Å². The lowest BCUT2D eigenvalue weighted by atomic mass is 9.93. The molecule has 1 aliphatic carbocycles. The fourth-order valence-electron chi connectivity index (χ4n) is 3.22. The first-order valence-corrected chi connectivity index (χ1v) is 8.33. The smallest absolute Gasteiger partial charge is 0.410 e. The maximum Gasteiger partial charge on any atom is 0.410 e. The van der Waals surface area contributed by atoms with Crippen LogP contribution in [0.25, 0.3) is 0 Å². The summed E-state index contributed by atoms with van der Waals surface area (Å²) in [5.41, 5.74) is 1.06. The molecule has 108 valence electrons. The van der Waals surface area contributed by atoms with Crippen LogP contribution in [-0.4, -0.2) is 28.4 Å². The third-order valence-electron chi connectivity index (χ3n) is 4.31. The molecule has 0 spiro atoms. The first-order valence-electron chi connectivity index (χ1n) is 7.42. The Kier molecular flexibility index (Phi) is 4.29. The van der Waals surface area contributed by atoms with Crippen LogP contribution < -0.4 is 0 Å². The summed E-state index contributed by atoms with van der Waals surface area (Å²) in [4.78, 5) is 14.4. The molecule has 1 aromatic carbocycles. The van der Waals surface area contributed by atoms with Crippen molar-refractivity contribution in [1.29, 1.82) is 0 Å². The lowest BCUT2D eigenvalue weighted by molar-refractivity contribution is 0.0101. The minimum Gasteiger partial charge on any atom is -0.440 e. The highest BCUT2D eigenvalue weighted by Gasteiger charge is 2.38. The summed E-state index contributed by atoms with van der Waals surface area (Å²) >= 11 is 3.71. The van der Waals surface area contributed by atoms with E-state index < -0.39 is 0 Å². The highest BCUT2D eigenvalue weighted by molar-refractivity contribution is 9.09. The number of nitrogens with zero attached hydrogens (tertiary/aromatic N) is 1. The number of hydrogen-bond donors (Lipinski definition) is 0. The Balaban J connectivity index is 1.71. The van der Waals surface area contributed by atoms with Crippen molar-refractivity contribution in [1.82, 2.24) is 4.90 Å². The van der Waals surface area contributed by atoms with Gasteiger partial charge in [-0.2, -0.15) is 0 Å². The number of carbonyl (C=O) groups is 1. The van der Waals surface area contributed by atoms with E-state index in [9.17, 15) is 4.79 Å². The minimum atomic E-state index is -0.177. The van der Waals surface area contributed by atoms with Crippen molar-refractivity contribution in [3.8, 4) is 0 Å². The maximum absolute atomic E-state index is 12.3. The van der Waals surface area contributed by atoms with Crippen LogP contribution in [0.5, 0.6) is 0 Å². The van der Waals surface area contributed by atoms with E-state index in [4.69, 9.17) is 4.74 Å². The van der Waals surface area contributed by atoms with Gasteiger partial charge >= 0.3 is 6.09 Å². The van der Waals surface area contributed by atoms with E-state index in [-0.39, 0.29) is 17.0 Å². The van der Waals surface area contributed by atoms with Crippen molar-refractivity contribution in [3.63, 3.8) is 0 Å². The predicted molar refractivity (Wildman–Crippen MR) is 82.0 cm³/mol. The molecular formula is C16H20BrNO2. The van der Waals surface area contributed by atoms with Gasteiger partial charge in [-0.25, -0.2) is 4.79 Å². The Hall–Kier alpha value is -1.03. The Labute approximate surface area is 128 Å². The first-order chi connectivity index (χ1) is 9.75. The van der Waals surface area contributed by atoms with Gasteiger partial charge < -0.3 is 9.64 Å². The van der Waals surface area contributed by atoms with Gasteiger partial charge in [0.15, 0.2) is 0 Å². The summed E-state index contributed by atoms with van der Waals surface area (Å²) < 4.78 is 5.69. The highest BCUT2D eigenvalue weighted by Crippen LogP contribution is 2.34. The average Bonchev–Trinajstić information content (AvgIpc) is 2.51. The van der Waals surface area contributed by atoms with Gasteiger partial charge in [-0.15, -0.1) is 0 Å². The number of cyclic esters (lactones) is 1. The number of amides is 1. The largest absolute Gasteiger partial charge is 0.440 e. The molecule has 3 rings (SSSR count). The fraction of sp³-hybridized carbons (Fsp3) is 0.562. The molecule has 1 aromatic rings. The minimum absolute atomic E-state index is 0.151. The normalized spacial score (nSPS) is 28.2. The number of hydrogen-bond acceptors (Lipinski definition) is 2. The molecule has 2 fully saturated rings. The molecule has 2 aliphatic rings. The number of ether oxygens (including phenoxy) is 1. The van der Waals surface area contributed by atoms with E-state index >= 15 is 0 Å². The first kappa shape index (κ1) is 13.9. The molecule has 1 aliphatic heterocycles. The predicted octanol–water partition coefficient (Wildman–Crippen LogP) is 4.28. The van der Waals surface area contributed by atoms with E-state index in [0.29, 0.717) is 6.04 Å². The summed E-state index contributed by atoms with van der Waals surface area (Å²) in [7, 11) is 0. The van der Waals surface area contributed by atoms with Crippen LogP contribution in [0, 0.1) is 0 Å². The molecule has 1 amide bonds. The second-order valence-corrected chi connectivity index (χ2v) is 6.85. The van der Waals surface area contributed by atoms with Gasteiger partial charge in [0, 0.05) is 12.6 Å². The van der Waals surface area contributed by atoms with E-state index in [1.54, 1.807) is 0 Å². The molecule has 1 saturated heterocycles. The Morgan fingerprint density at radius 1 is 1.10 bits per heavy atom. The number of benzene rings is 1. The summed E-state index contributed by atoms with van der Waals surface area (Å²) in [6, 6.07) is 10.3. The second-order valence-electron chi connectivity index (χ2n) is 5.68. The Morgan fingerprint density at radius 2 is 1.80 bits per heavy atom. The highest BCUT2D eigenvalue weighted by atomic mass is 79.9. The molecule has 0 aromatic heterocycles. The number of halogens is 1. The van der Waals surface area contributed by atoms with Crippen LogP contribution in [0.3, 0.4) is 0 Å². The van der Waals surface area contributed by atoms with Crippen molar-refractivity contribution in [2.24, 2.45) is 0 Å². The van der Waals surface area contributed by atoms with Crippen molar-refractivity contribution >= 4 is 22.0 Å². The average molecular weight is 338 g/mol. The van der Waals surface area contributed by atoms with E-state index in [2.05, 4.69) is 15.9 Å². The van der Waals surface area contributed by atoms with E-state index in [1.165, 1.54) is 19.3 Å². The molecule has 1 heterocycles. The molecule has 3 nitrogen and oxygen atoms in total. The molecule has 0 bridgehead atoms. The van der Waals surface area contributed by atoms with E-state index in [0.717, 1.165) is 24.9 Å². The van der Waals surface area contributed by atoms with Crippen LogP contribution in [0.4, 0.5) is 4.79 Å². The quantitative estimate of drug-likeness (QED) is 0.754. The van der Waals surface area contributed by atoms with Crippen molar-refractivity contribution in [3.05, 3.63) is 35.9 Å². The van der Waals surface area contributed by atoms with Crippen molar-refractivity contribution in [2.45, 2.75) is 49.1 Å². The third kappa shape index (κ3) is 2.85. The van der Waals surface area contributed by atoms with Crippen LogP contribution in [-0.2, 0) is 4.74 Å². The molecule has 0 radical (unpaired) electrons. The molecule has 0 N–H and O–H groups in total. The number of carbonyl (C=O) groups excluding carboxylic acids is 1. The molecule has 4 heteroatoms. The van der Waals surface area contributed by atoms with Crippen LogP contribution in [0.1, 0.15) is 43.8 Å².